The van der Waals surface area contributed by atoms with E-state index in [2.05, 4.69) is 20.8 Å². The van der Waals surface area contributed by atoms with Crippen LogP contribution < -0.4 is 15.4 Å². The van der Waals surface area contributed by atoms with Crippen LogP contribution in [0, 0.1) is 0 Å². The molecule has 2 N–H and O–H groups in total. The Kier molecular flexibility index (Phi) is 5.24. The fraction of sp³-hybridized carbons (Fsp3) is 0.227. The minimum Gasteiger partial charge on any atom is -0.497 e. The Morgan fingerprint density at radius 3 is 2.61 bits per heavy atom. The van der Waals surface area contributed by atoms with E-state index < -0.39 is 17.5 Å². The lowest BCUT2D eigenvalue weighted by molar-refractivity contribution is -0.123. The van der Waals surface area contributed by atoms with E-state index in [0.29, 0.717) is 40.6 Å². The molecule has 3 amide bonds. The van der Waals surface area contributed by atoms with Gasteiger partial charge < -0.3 is 14.6 Å². The maximum absolute atomic E-state index is 12.4. The van der Waals surface area contributed by atoms with Crippen molar-refractivity contribution in [3.05, 3.63) is 65.5 Å². The Morgan fingerprint density at radius 2 is 1.94 bits per heavy atom. The minimum atomic E-state index is -1.18. The number of aryl methyl sites for hydroxylation is 1. The third-order valence-electron chi connectivity index (χ3n) is 5.19. The van der Waals surface area contributed by atoms with Gasteiger partial charge in [-0.1, -0.05) is 23.4 Å². The van der Waals surface area contributed by atoms with Crippen LogP contribution >= 0.6 is 0 Å². The van der Waals surface area contributed by atoms with E-state index in [1.807, 2.05) is 0 Å². The Bertz CT molecular complexity index is 1150. The number of methoxy groups -OCH3 is 1. The molecule has 4 rings (SSSR count). The average Bonchev–Trinajstić information content (AvgIpc) is 3.36. The van der Waals surface area contributed by atoms with E-state index in [9.17, 15) is 14.4 Å². The van der Waals surface area contributed by atoms with Gasteiger partial charge in [-0.3, -0.25) is 14.9 Å². The van der Waals surface area contributed by atoms with Crippen LogP contribution in [-0.2, 0) is 16.8 Å². The highest BCUT2D eigenvalue weighted by molar-refractivity contribution is 6.07. The SMILES string of the molecule is COc1ccc(C(=O)CCc2nc(-c3cccc(C4(C)NC(=O)NC4=O)c3)no2)cc1. The molecule has 2 heterocycles. The first-order valence-electron chi connectivity index (χ1n) is 9.63. The van der Waals surface area contributed by atoms with Crippen LogP contribution in [0.5, 0.6) is 5.75 Å². The van der Waals surface area contributed by atoms with Gasteiger partial charge >= 0.3 is 6.03 Å². The fourth-order valence-corrected chi connectivity index (χ4v) is 3.33. The molecule has 2 aromatic carbocycles. The third-order valence-corrected chi connectivity index (χ3v) is 5.19. The number of hydrogen-bond acceptors (Lipinski definition) is 7. The number of Topliss-reactive ketones (excluding diaryl/α,β-unsaturated/α-hetero) is 1. The van der Waals surface area contributed by atoms with Gasteiger partial charge in [-0.2, -0.15) is 4.98 Å². The Hall–Kier alpha value is -4.01. The minimum absolute atomic E-state index is 0.0414. The normalized spacial score (nSPS) is 17.9. The van der Waals surface area contributed by atoms with Crippen LogP contribution in [0.2, 0.25) is 0 Å². The molecular formula is C22H20N4O5. The van der Waals surface area contributed by atoms with Crippen LogP contribution in [0.15, 0.2) is 53.1 Å². The Balaban J connectivity index is 1.46. The molecule has 1 saturated heterocycles. The summed E-state index contributed by atoms with van der Waals surface area (Å²) >= 11 is 0. The first-order chi connectivity index (χ1) is 14.9. The van der Waals surface area contributed by atoms with Crippen molar-refractivity contribution in [1.29, 1.82) is 0 Å². The molecule has 0 spiro atoms. The van der Waals surface area contributed by atoms with Crippen molar-refractivity contribution in [2.45, 2.75) is 25.3 Å². The first-order valence-corrected chi connectivity index (χ1v) is 9.63. The summed E-state index contributed by atoms with van der Waals surface area (Å²) in [4.78, 5) is 40.5. The number of carbonyl (C=O) groups excluding carboxylic acids is 3. The summed E-state index contributed by atoms with van der Waals surface area (Å²) in [5, 5.41) is 8.85. The number of nitrogens with one attached hydrogen (secondary N) is 2. The maximum Gasteiger partial charge on any atom is 0.322 e. The quantitative estimate of drug-likeness (QED) is 0.445. The molecule has 9 nitrogen and oxygen atoms in total. The van der Waals surface area contributed by atoms with Gasteiger partial charge in [0.05, 0.1) is 7.11 Å². The van der Waals surface area contributed by atoms with Crippen molar-refractivity contribution in [1.82, 2.24) is 20.8 Å². The summed E-state index contributed by atoms with van der Waals surface area (Å²) < 4.78 is 10.4. The molecule has 0 radical (unpaired) electrons. The van der Waals surface area contributed by atoms with Crippen LogP contribution in [0.1, 0.15) is 35.2 Å². The van der Waals surface area contributed by atoms with Crippen LogP contribution in [0.3, 0.4) is 0 Å². The van der Waals surface area contributed by atoms with Crippen molar-refractivity contribution in [3.8, 4) is 17.1 Å². The molecule has 0 aliphatic carbocycles. The number of hydrogen-bond donors (Lipinski definition) is 2. The zero-order chi connectivity index (χ0) is 22.0. The lowest BCUT2D eigenvalue weighted by atomic mass is 9.91. The number of carbonyl (C=O) groups is 3. The van der Waals surface area contributed by atoms with Crippen molar-refractivity contribution < 1.29 is 23.6 Å². The molecule has 0 saturated carbocycles. The highest BCUT2D eigenvalue weighted by Crippen LogP contribution is 2.28. The van der Waals surface area contributed by atoms with Crippen LogP contribution in [-0.4, -0.2) is 35.0 Å². The number of urea groups is 1. The van der Waals surface area contributed by atoms with E-state index in [1.165, 1.54) is 0 Å². The van der Waals surface area contributed by atoms with E-state index in [-0.39, 0.29) is 12.2 Å². The zero-order valence-corrected chi connectivity index (χ0v) is 17.0. The largest absolute Gasteiger partial charge is 0.497 e. The number of rotatable bonds is 7. The molecule has 9 heteroatoms. The summed E-state index contributed by atoms with van der Waals surface area (Å²) in [6.07, 6.45) is 0.520. The van der Waals surface area contributed by atoms with Gasteiger partial charge in [-0.15, -0.1) is 0 Å². The molecule has 1 unspecified atom stereocenters. The van der Waals surface area contributed by atoms with E-state index in [1.54, 1.807) is 62.6 Å². The van der Waals surface area contributed by atoms with Crippen molar-refractivity contribution in [3.63, 3.8) is 0 Å². The molecule has 1 aliphatic heterocycles. The number of ether oxygens (including phenoxy) is 1. The van der Waals surface area contributed by atoms with Gasteiger partial charge in [0.15, 0.2) is 5.78 Å². The fourth-order valence-electron chi connectivity index (χ4n) is 3.33. The van der Waals surface area contributed by atoms with Gasteiger partial charge in [0, 0.05) is 24.0 Å². The van der Waals surface area contributed by atoms with Crippen LogP contribution in [0.25, 0.3) is 11.4 Å². The van der Waals surface area contributed by atoms with Crippen molar-refractivity contribution in [2.75, 3.05) is 7.11 Å². The van der Waals surface area contributed by atoms with E-state index in [0.717, 1.165) is 0 Å². The molecule has 1 fully saturated rings. The van der Waals surface area contributed by atoms with Crippen LogP contribution in [0.4, 0.5) is 4.79 Å². The summed E-state index contributed by atoms with van der Waals surface area (Å²) in [7, 11) is 1.57. The maximum atomic E-state index is 12.4. The second-order valence-corrected chi connectivity index (χ2v) is 7.28. The number of benzene rings is 2. The zero-order valence-electron chi connectivity index (χ0n) is 17.0. The van der Waals surface area contributed by atoms with Gasteiger partial charge in [0.2, 0.25) is 11.7 Å². The monoisotopic (exact) mass is 420 g/mol. The van der Waals surface area contributed by atoms with E-state index in [4.69, 9.17) is 9.26 Å². The Labute approximate surface area is 177 Å². The molecule has 31 heavy (non-hydrogen) atoms. The molecule has 3 aromatic rings. The third kappa shape index (κ3) is 4.02. The molecular weight excluding hydrogens is 400 g/mol. The highest BCUT2D eigenvalue weighted by Gasteiger charge is 2.43. The lowest BCUT2D eigenvalue weighted by Crippen LogP contribution is -2.40. The molecule has 158 valence electrons. The second-order valence-electron chi connectivity index (χ2n) is 7.28. The average molecular weight is 420 g/mol. The molecule has 1 aromatic heterocycles. The summed E-state index contributed by atoms with van der Waals surface area (Å²) in [6, 6.07) is 13.3. The smallest absolute Gasteiger partial charge is 0.322 e. The standard InChI is InChI=1S/C22H20N4O5/c1-22(20(28)24-21(29)25-22)15-5-3-4-14(12-15)19-23-18(31-26-19)11-10-17(27)13-6-8-16(30-2)9-7-13/h3-9,12H,10-11H2,1-2H3,(H2,24,25,28,29). The van der Waals surface area contributed by atoms with Gasteiger partial charge in [0.25, 0.3) is 5.91 Å². The number of nitrogens with zero attached hydrogens (tertiary/aromatic N) is 2. The summed E-state index contributed by atoms with van der Waals surface area (Å²) in [6.45, 7) is 1.62. The summed E-state index contributed by atoms with van der Waals surface area (Å²) in [5.41, 5.74) is 0.627. The van der Waals surface area contributed by atoms with E-state index >= 15 is 0 Å². The topological polar surface area (TPSA) is 123 Å². The predicted molar refractivity (Wildman–Crippen MR) is 109 cm³/mol. The second kappa shape index (κ2) is 8.02. The van der Waals surface area contributed by atoms with Crippen molar-refractivity contribution >= 4 is 17.7 Å². The van der Waals surface area contributed by atoms with Crippen molar-refractivity contribution in [2.24, 2.45) is 0 Å². The summed E-state index contributed by atoms with van der Waals surface area (Å²) in [5.74, 6) is 0.882. The number of aromatic nitrogens is 2. The first kappa shape index (κ1) is 20.3. The number of amides is 3. The van der Waals surface area contributed by atoms with Gasteiger partial charge in [-0.25, -0.2) is 4.79 Å². The Morgan fingerprint density at radius 1 is 1.16 bits per heavy atom. The molecule has 1 atom stereocenters. The van der Waals surface area contributed by atoms with Gasteiger partial charge in [0.1, 0.15) is 11.3 Å². The molecule has 1 aliphatic rings. The molecule has 0 bridgehead atoms. The number of imide groups is 1. The lowest BCUT2D eigenvalue weighted by Gasteiger charge is -2.21. The number of ketones is 1. The predicted octanol–water partition coefficient (Wildman–Crippen LogP) is 2.62. The van der Waals surface area contributed by atoms with Gasteiger partial charge in [-0.05, 0) is 42.8 Å². The highest BCUT2D eigenvalue weighted by atomic mass is 16.5.